The molecule has 2 N–H and O–H groups in total. The van der Waals surface area contributed by atoms with Crippen LogP contribution in [-0.2, 0) is 0 Å². The van der Waals surface area contributed by atoms with Gasteiger partial charge in [-0.05, 0) is 71.9 Å². The highest BCUT2D eigenvalue weighted by molar-refractivity contribution is 8.01. The number of para-hydroxylation sites is 2. The second-order valence-corrected chi connectivity index (χ2v) is 11.0. The molecular formula is C29H20ClN7S2. The van der Waals surface area contributed by atoms with Crippen LogP contribution in [0.1, 0.15) is 5.56 Å². The number of aliphatic imine (C=N–C) groups is 1. The molecule has 0 amide bonds. The Morgan fingerprint density at radius 3 is 2.00 bits per heavy atom. The molecule has 0 aliphatic rings. The van der Waals surface area contributed by atoms with E-state index in [1.807, 2.05) is 109 Å². The van der Waals surface area contributed by atoms with Gasteiger partial charge in [-0.15, -0.1) is 11.3 Å². The Balaban J connectivity index is 1.26. The number of benzene rings is 4. The smallest absolute Gasteiger partial charge is 0.233 e. The number of nitrogens with one attached hydrogen (secondary N) is 2. The molecule has 2 aromatic heterocycles. The number of halogens is 1. The van der Waals surface area contributed by atoms with Crippen LogP contribution < -0.4 is 10.6 Å². The number of nitrogens with zero attached hydrogens (tertiary/aromatic N) is 5. The van der Waals surface area contributed by atoms with Gasteiger partial charge in [0, 0.05) is 22.6 Å². The summed E-state index contributed by atoms with van der Waals surface area (Å²) < 4.78 is 1.86. The van der Waals surface area contributed by atoms with E-state index in [1.54, 1.807) is 11.3 Å². The summed E-state index contributed by atoms with van der Waals surface area (Å²) in [5, 5.41) is 7.76. The maximum absolute atomic E-state index is 5.97. The molecule has 39 heavy (non-hydrogen) atoms. The number of anilines is 4. The van der Waals surface area contributed by atoms with Crippen molar-refractivity contribution in [2.45, 2.75) is 9.50 Å². The number of fused-ring (bicyclic) bond motifs is 1. The van der Waals surface area contributed by atoms with Crippen molar-refractivity contribution in [2.75, 3.05) is 10.6 Å². The van der Waals surface area contributed by atoms with Crippen molar-refractivity contribution < 1.29 is 0 Å². The molecule has 0 saturated heterocycles. The molecule has 0 saturated carbocycles. The largest absolute Gasteiger partial charge is 0.324 e. The topological polar surface area (TPSA) is 88.0 Å². The van der Waals surface area contributed by atoms with E-state index in [0.717, 1.165) is 37.2 Å². The number of hydrogen-bond donors (Lipinski definition) is 2. The minimum Gasteiger partial charge on any atom is -0.324 e. The first-order chi connectivity index (χ1) is 19.2. The fourth-order valence-electron chi connectivity index (χ4n) is 3.61. The normalized spacial score (nSPS) is 11.2. The zero-order chi connectivity index (χ0) is 26.4. The van der Waals surface area contributed by atoms with Gasteiger partial charge in [-0.1, -0.05) is 60.1 Å². The number of rotatable bonds is 8. The number of thiazole rings is 1. The van der Waals surface area contributed by atoms with Gasteiger partial charge in [0.05, 0.1) is 15.9 Å². The number of aromatic nitrogens is 4. The lowest BCUT2D eigenvalue weighted by Crippen LogP contribution is -2.05. The van der Waals surface area contributed by atoms with Crippen LogP contribution in [0.25, 0.3) is 10.2 Å². The summed E-state index contributed by atoms with van der Waals surface area (Å²) in [5.74, 6) is 0.883. The Morgan fingerprint density at radius 1 is 0.718 bits per heavy atom. The van der Waals surface area contributed by atoms with Crippen LogP contribution in [0.4, 0.5) is 29.0 Å². The van der Waals surface area contributed by atoms with Crippen molar-refractivity contribution in [1.82, 2.24) is 19.9 Å². The minimum absolute atomic E-state index is 0.442. The van der Waals surface area contributed by atoms with E-state index < -0.39 is 0 Å². The Bertz CT molecular complexity index is 1680. The van der Waals surface area contributed by atoms with Gasteiger partial charge in [-0.2, -0.15) is 15.0 Å². The second-order valence-electron chi connectivity index (χ2n) is 8.29. The molecule has 0 aliphatic heterocycles. The molecule has 0 radical (unpaired) electrons. The average molecular weight is 566 g/mol. The Labute approximate surface area is 238 Å². The van der Waals surface area contributed by atoms with Crippen LogP contribution in [0.5, 0.6) is 0 Å². The minimum atomic E-state index is 0.442. The Morgan fingerprint density at radius 2 is 1.36 bits per heavy atom. The monoisotopic (exact) mass is 565 g/mol. The summed E-state index contributed by atoms with van der Waals surface area (Å²) in [6, 6.07) is 33.1. The van der Waals surface area contributed by atoms with E-state index in [4.69, 9.17) is 16.6 Å². The van der Waals surface area contributed by atoms with Crippen LogP contribution in [0.15, 0.2) is 118 Å². The lowest BCUT2D eigenvalue weighted by atomic mass is 10.2. The third-order valence-electron chi connectivity index (χ3n) is 5.44. The molecule has 0 fully saturated rings. The fraction of sp³-hybridized carbons (Fsp3) is 0. The van der Waals surface area contributed by atoms with Gasteiger partial charge in [0.1, 0.15) is 0 Å². The van der Waals surface area contributed by atoms with E-state index in [2.05, 4.69) is 30.6 Å². The molecule has 0 bridgehead atoms. The van der Waals surface area contributed by atoms with Gasteiger partial charge >= 0.3 is 0 Å². The van der Waals surface area contributed by atoms with Crippen LogP contribution in [0, 0.1) is 0 Å². The predicted octanol–water partition coefficient (Wildman–Crippen LogP) is 8.52. The summed E-state index contributed by atoms with van der Waals surface area (Å²) in [6.45, 7) is 0. The highest BCUT2D eigenvalue weighted by atomic mass is 35.5. The first kappa shape index (κ1) is 25.0. The van der Waals surface area contributed by atoms with Crippen molar-refractivity contribution >= 4 is 80.1 Å². The molecule has 0 unspecified atom stereocenters. The summed E-state index contributed by atoms with van der Waals surface area (Å²) in [7, 11) is 0. The van der Waals surface area contributed by atoms with E-state index >= 15 is 0 Å². The summed E-state index contributed by atoms with van der Waals surface area (Å²) in [4.78, 5) is 23.2. The molecule has 7 nitrogen and oxygen atoms in total. The highest BCUT2D eigenvalue weighted by Gasteiger charge is 2.13. The maximum Gasteiger partial charge on any atom is 0.233 e. The third kappa shape index (κ3) is 6.58. The van der Waals surface area contributed by atoms with Gasteiger partial charge in [-0.25, -0.2) is 4.98 Å². The average Bonchev–Trinajstić information content (AvgIpc) is 3.35. The maximum atomic E-state index is 5.97. The SMILES string of the molecule is Clc1ccc(C=Nc2ccc3nc(Sc4nc(Nc5ccccc5)nc(Nc5ccccc5)n4)sc3c2)cc1. The van der Waals surface area contributed by atoms with Crippen LogP contribution in [-0.4, -0.2) is 26.2 Å². The van der Waals surface area contributed by atoms with Crippen molar-refractivity contribution in [2.24, 2.45) is 4.99 Å². The van der Waals surface area contributed by atoms with Gasteiger partial charge in [-0.3, -0.25) is 4.99 Å². The van der Waals surface area contributed by atoms with E-state index in [0.29, 0.717) is 22.1 Å². The van der Waals surface area contributed by atoms with Gasteiger partial charge in [0.2, 0.25) is 17.1 Å². The van der Waals surface area contributed by atoms with Gasteiger partial charge in [0.15, 0.2) is 4.34 Å². The highest BCUT2D eigenvalue weighted by Crippen LogP contribution is 2.35. The summed E-state index contributed by atoms with van der Waals surface area (Å²) in [5.41, 5.74) is 4.50. The second kappa shape index (κ2) is 11.6. The molecular weight excluding hydrogens is 546 g/mol. The van der Waals surface area contributed by atoms with Crippen molar-refractivity contribution in [1.29, 1.82) is 0 Å². The van der Waals surface area contributed by atoms with Crippen LogP contribution in [0.2, 0.25) is 5.02 Å². The lowest BCUT2D eigenvalue weighted by molar-refractivity contribution is 0.919. The lowest BCUT2D eigenvalue weighted by Gasteiger charge is -2.09. The van der Waals surface area contributed by atoms with Crippen LogP contribution >= 0.6 is 34.7 Å². The third-order valence-corrected chi connectivity index (χ3v) is 7.63. The first-order valence-corrected chi connectivity index (χ1v) is 14.0. The van der Waals surface area contributed by atoms with E-state index in [1.165, 1.54) is 11.8 Å². The van der Waals surface area contributed by atoms with E-state index in [9.17, 15) is 0 Å². The van der Waals surface area contributed by atoms with Crippen molar-refractivity contribution in [3.05, 3.63) is 114 Å². The summed E-state index contributed by atoms with van der Waals surface area (Å²) >= 11 is 8.94. The van der Waals surface area contributed by atoms with Crippen molar-refractivity contribution in [3.8, 4) is 0 Å². The fourth-order valence-corrected chi connectivity index (χ4v) is 5.69. The van der Waals surface area contributed by atoms with E-state index in [-0.39, 0.29) is 0 Å². The molecule has 6 rings (SSSR count). The standard InChI is InChI=1S/C29H20ClN7S2/c30-20-13-11-19(12-14-20)18-31-23-15-16-24-25(17-23)38-29(34-24)39-28-36-26(32-21-7-3-1-4-8-21)35-27(37-28)33-22-9-5-2-6-10-22/h1-18H,(H2,32,33,35,36,37). The quantitative estimate of drug-likeness (QED) is 0.179. The molecule has 190 valence electrons. The van der Waals surface area contributed by atoms with Gasteiger partial charge < -0.3 is 10.6 Å². The molecule has 2 heterocycles. The molecule has 10 heteroatoms. The molecule has 4 aromatic carbocycles. The van der Waals surface area contributed by atoms with Crippen molar-refractivity contribution in [3.63, 3.8) is 0 Å². The van der Waals surface area contributed by atoms with Crippen LogP contribution in [0.3, 0.4) is 0 Å². The Kier molecular flexibility index (Phi) is 7.44. The molecule has 0 atom stereocenters. The zero-order valence-corrected chi connectivity index (χ0v) is 22.7. The van der Waals surface area contributed by atoms with Gasteiger partial charge in [0.25, 0.3) is 0 Å². The number of hydrogen-bond acceptors (Lipinski definition) is 9. The molecule has 0 aliphatic carbocycles. The predicted molar refractivity (Wildman–Crippen MR) is 162 cm³/mol. The first-order valence-electron chi connectivity index (χ1n) is 11.9. The molecule has 6 aromatic rings. The Hall–Kier alpha value is -4.31. The summed E-state index contributed by atoms with van der Waals surface area (Å²) in [6.07, 6.45) is 1.82. The zero-order valence-electron chi connectivity index (χ0n) is 20.3. The molecule has 0 spiro atoms.